The average molecular weight is 349 g/mol. The summed E-state index contributed by atoms with van der Waals surface area (Å²) in [4.78, 5) is 28.3. The fourth-order valence-corrected chi connectivity index (χ4v) is 3.32. The Morgan fingerprint density at radius 3 is 2.28 bits per heavy atom. The van der Waals surface area contributed by atoms with Crippen molar-refractivity contribution in [1.82, 2.24) is 25.3 Å². The van der Waals surface area contributed by atoms with Crippen molar-refractivity contribution in [3.63, 3.8) is 0 Å². The van der Waals surface area contributed by atoms with E-state index in [-0.39, 0.29) is 23.7 Å². The van der Waals surface area contributed by atoms with Gasteiger partial charge in [0.2, 0.25) is 5.89 Å². The van der Waals surface area contributed by atoms with Gasteiger partial charge in [0.15, 0.2) is 0 Å². The predicted octanol–water partition coefficient (Wildman–Crippen LogP) is 1.99. The molecule has 0 spiro atoms. The van der Waals surface area contributed by atoms with E-state index in [1.54, 1.807) is 9.80 Å². The Hall–Kier alpha value is -2.12. The monoisotopic (exact) mass is 349 g/mol. The average Bonchev–Trinajstić information content (AvgIpc) is 3.12. The highest BCUT2D eigenvalue weighted by molar-refractivity contribution is 5.89. The number of nitrogens with one attached hydrogen (secondary N) is 1. The summed E-state index contributed by atoms with van der Waals surface area (Å²) < 4.78 is 5.43. The lowest BCUT2D eigenvalue weighted by molar-refractivity contribution is 0.0621. The molecule has 1 saturated carbocycles. The van der Waals surface area contributed by atoms with E-state index in [1.165, 1.54) is 19.3 Å². The molecule has 0 aromatic carbocycles. The smallest absolute Gasteiger partial charge is 0.317 e. The molecule has 8 heteroatoms. The number of hydrogen-bond donors (Lipinski definition) is 1. The quantitative estimate of drug-likeness (QED) is 0.901. The summed E-state index contributed by atoms with van der Waals surface area (Å²) in [6.45, 7) is 5.88. The van der Waals surface area contributed by atoms with Gasteiger partial charge in [-0.25, -0.2) is 4.79 Å². The number of rotatable bonds is 3. The minimum atomic E-state index is -0.258. The van der Waals surface area contributed by atoms with Gasteiger partial charge in [0.25, 0.3) is 0 Å². The van der Waals surface area contributed by atoms with Crippen LogP contribution in [0.3, 0.4) is 0 Å². The van der Waals surface area contributed by atoms with Crippen LogP contribution in [0.5, 0.6) is 0 Å². The Morgan fingerprint density at radius 2 is 1.68 bits per heavy atom. The van der Waals surface area contributed by atoms with Crippen molar-refractivity contribution in [2.75, 3.05) is 26.2 Å². The lowest BCUT2D eigenvalue weighted by Gasteiger charge is -2.35. The molecule has 0 unspecified atom stereocenters. The number of piperazine rings is 1. The number of aromatic nitrogens is 2. The lowest BCUT2D eigenvalue weighted by atomic mass is 9.96. The zero-order valence-electron chi connectivity index (χ0n) is 15.0. The fraction of sp³-hybridized carbons (Fsp3) is 0.765. The van der Waals surface area contributed by atoms with Gasteiger partial charge < -0.3 is 19.5 Å². The second-order valence-electron chi connectivity index (χ2n) is 7.16. The summed E-state index contributed by atoms with van der Waals surface area (Å²) in [6.07, 6.45) is 5.78. The van der Waals surface area contributed by atoms with E-state index in [9.17, 15) is 9.59 Å². The third-order valence-electron chi connectivity index (χ3n) is 4.90. The van der Waals surface area contributed by atoms with Crippen LogP contribution in [0.4, 0.5) is 4.79 Å². The van der Waals surface area contributed by atoms with Gasteiger partial charge in [-0.1, -0.05) is 33.1 Å². The van der Waals surface area contributed by atoms with Crippen LogP contribution in [-0.4, -0.2) is 64.2 Å². The Kier molecular flexibility index (Phi) is 5.55. The number of nitrogens with zero attached hydrogens (tertiary/aromatic N) is 4. The first-order valence-corrected chi connectivity index (χ1v) is 9.22. The number of amides is 3. The van der Waals surface area contributed by atoms with Gasteiger partial charge in [0, 0.05) is 38.1 Å². The molecule has 0 radical (unpaired) electrons. The molecule has 0 atom stereocenters. The molecule has 1 aliphatic heterocycles. The van der Waals surface area contributed by atoms with E-state index < -0.39 is 0 Å². The van der Waals surface area contributed by atoms with Gasteiger partial charge in [-0.2, -0.15) is 0 Å². The SMILES string of the molecule is CC(C)c1nnc(C(=O)N2CCN(C(=O)NC3CCCCC3)CC2)o1. The van der Waals surface area contributed by atoms with Crippen LogP contribution in [0.1, 0.15) is 68.4 Å². The molecule has 1 N–H and O–H groups in total. The molecule has 3 amide bonds. The molecule has 1 aliphatic carbocycles. The Morgan fingerprint density at radius 1 is 1.04 bits per heavy atom. The maximum Gasteiger partial charge on any atom is 0.317 e. The topological polar surface area (TPSA) is 91.6 Å². The van der Waals surface area contributed by atoms with Crippen LogP contribution in [0.2, 0.25) is 0 Å². The largest absolute Gasteiger partial charge is 0.417 e. The number of carbonyl (C=O) groups is 2. The van der Waals surface area contributed by atoms with Gasteiger partial charge in [0.1, 0.15) is 0 Å². The maximum atomic E-state index is 12.4. The highest BCUT2D eigenvalue weighted by Gasteiger charge is 2.29. The molecular formula is C17H27N5O3. The molecule has 1 aromatic rings. The normalized spacial score (nSPS) is 19.3. The second kappa shape index (κ2) is 7.84. The second-order valence-corrected chi connectivity index (χ2v) is 7.16. The van der Waals surface area contributed by atoms with Crippen LogP contribution in [0, 0.1) is 0 Å². The summed E-state index contributed by atoms with van der Waals surface area (Å²) in [5, 5.41) is 10.9. The predicted molar refractivity (Wildman–Crippen MR) is 91.3 cm³/mol. The van der Waals surface area contributed by atoms with Crippen molar-refractivity contribution in [2.45, 2.75) is 57.9 Å². The van der Waals surface area contributed by atoms with Gasteiger partial charge in [0.05, 0.1) is 0 Å². The highest BCUT2D eigenvalue weighted by atomic mass is 16.4. The Balaban J connectivity index is 1.48. The minimum Gasteiger partial charge on any atom is -0.417 e. The van der Waals surface area contributed by atoms with Gasteiger partial charge >= 0.3 is 17.8 Å². The molecule has 2 heterocycles. The van der Waals surface area contributed by atoms with Crippen LogP contribution in [0.15, 0.2) is 4.42 Å². The maximum absolute atomic E-state index is 12.4. The summed E-state index contributed by atoms with van der Waals surface area (Å²) in [5.74, 6) is 0.332. The highest BCUT2D eigenvalue weighted by Crippen LogP contribution is 2.18. The molecule has 138 valence electrons. The van der Waals surface area contributed by atoms with E-state index in [0.717, 1.165) is 12.8 Å². The summed E-state index contributed by atoms with van der Waals surface area (Å²) in [6, 6.07) is 0.285. The van der Waals surface area contributed by atoms with E-state index in [2.05, 4.69) is 15.5 Å². The zero-order valence-corrected chi connectivity index (χ0v) is 15.0. The summed E-state index contributed by atoms with van der Waals surface area (Å²) >= 11 is 0. The molecule has 25 heavy (non-hydrogen) atoms. The lowest BCUT2D eigenvalue weighted by Crippen LogP contribution is -2.54. The molecule has 3 rings (SSSR count). The van der Waals surface area contributed by atoms with Crippen molar-refractivity contribution >= 4 is 11.9 Å². The fourth-order valence-electron chi connectivity index (χ4n) is 3.32. The van der Waals surface area contributed by atoms with E-state index in [4.69, 9.17) is 4.42 Å². The van der Waals surface area contributed by atoms with Crippen LogP contribution >= 0.6 is 0 Å². The molecule has 2 fully saturated rings. The summed E-state index contributed by atoms with van der Waals surface area (Å²) in [5.41, 5.74) is 0. The first kappa shape index (κ1) is 17.7. The minimum absolute atomic E-state index is 0.0149. The number of hydrogen-bond acceptors (Lipinski definition) is 5. The molecule has 0 bridgehead atoms. The third-order valence-corrected chi connectivity index (χ3v) is 4.90. The third kappa shape index (κ3) is 4.29. The van der Waals surface area contributed by atoms with Crippen molar-refractivity contribution in [2.24, 2.45) is 0 Å². The molecule has 8 nitrogen and oxygen atoms in total. The van der Waals surface area contributed by atoms with Gasteiger partial charge in [-0.15, -0.1) is 10.2 Å². The van der Waals surface area contributed by atoms with Crippen molar-refractivity contribution in [3.05, 3.63) is 11.8 Å². The van der Waals surface area contributed by atoms with E-state index in [0.29, 0.717) is 38.1 Å². The van der Waals surface area contributed by atoms with Crippen LogP contribution < -0.4 is 5.32 Å². The first-order valence-electron chi connectivity index (χ1n) is 9.22. The summed E-state index contributed by atoms with van der Waals surface area (Å²) in [7, 11) is 0. The van der Waals surface area contributed by atoms with Crippen molar-refractivity contribution in [1.29, 1.82) is 0 Å². The number of carbonyl (C=O) groups excluding carboxylic acids is 2. The molecule has 1 saturated heterocycles. The van der Waals surface area contributed by atoms with Crippen LogP contribution in [-0.2, 0) is 0 Å². The molecule has 1 aromatic heterocycles. The van der Waals surface area contributed by atoms with E-state index >= 15 is 0 Å². The standard InChI is InChI=1S/C17H27N5O3/c1-12(2)14-19-20-15(25-14)16(23)21-8-10-22(11-9-21)17(24)18-13-6-4-3-5-7-13/h12-13H,3-11H2,1-2H3,(H,18,24). The molecular weight excluding hydrogens is 322 g/mol. The molecule has 2 aliphatic rings. The van der Waals surface area contributed by atoms with Crippen molar-refractivity contribution < 1.29 is 14.0 Å². The van der Waals surface area contributed by atoms with E-state index in [1.807, 2.05) is 13.8 Å². The van der Waals surface area contributed by atoms with Crippen LogP contribution in [0.25, 0.3) is 0 Å². The van der Waals surface area contributed by atoms with Gasteiger partial charge in [-0.3, -0.25) is 4.79 Å². The Labute approximate surface area is 147 Å². The number of urea groups is 1. The zero-order chi connectivity index (χ0) is 17.8. The van der Waals surface area contributed by atoms with Crippen molar-refractivity contribution in [3.8, 4) is 0 Å². The Bertz CT molecular complexity index is 601. The first-order chi connectivity index (χ1) is 12.0. The van der Waals surface area contributed by atoms with Gasteiger partial charge in [-0.05, 0) is 12.8 Å².